The van der Waals surface area contributed by atoms with E-state index in [0.717, 1.165) is 12.6 Å². The van der Waals surface area contributed by atoms with Gasteiger partial charge in [-0.2, -0.15) is 15.8 Å². The Morgan fingerprint density at radius 1 is 0.600 bits per heavy atom. The molecule has 3 nitrogen and oxygen atoms in total. The van der Waals surface area contributed by atoms with Crippen molar-refractivity contribution in [1.29, 1.82) is 15.8 Å². The van der Waals surface area contributed by atoms with E-state index in [2.05, 4.69) is 6.92 Å². The fourth-order valence-corrected chi connectivity index (χ4v) is 4.20. The van der Waals surface area contributed by atoms with Crippen LogP contribution in [0.3, 0.4) is 0 Å². The molecule has 0 aromatic carbocycles. The molecule has 0 aromatic rings. The molecule has 0 radical (unpaired) electrons. The normalized spacial score (nSPS) is 11.3. The van der Waals surface area contributed by atoms with E-state index in [1.54, 1.807) is 0 Å². The lowest BCUT2D eigenvalue weighted by atomic mass is 9.97. The van der Waals surface area contributed by atoms with Crippen LogP contribution in [0.1, 0.15) is 96.8 Å². The van der Waals surface area contributed by atoms with Crippen molar-refractivity contribution in [3.05, 3.63) is 0 Å². The second-order valence-electron chi connectivity index (χ2n) is 7.01. The van der Waals surface area contributed by atoms with Gasteiger partial charge in [0, 0.05) is 6.16 Å². The van der Waals surface area contributed by atoms with Crippen LogP contribution in [0, 0.1) is 39.4 Å². The third-order valence-corrected chi connectivity index (χ3v) is 6.16. The van der Waals surface area contributed by atoms with Crippen molar-refractivity contribution in [2.24, 2.45) is 5.41 Å². The zero-order valence-corrected chi connectivity index (χ0v) is 17.2. The van der Waals surface area contributed by atoms with E-state index in [1.165, 1.54) is 83.5 Å². The zero-order chi connectivity index (χ0) is 18.6. The van der Waals surface area contributed by atoms with Crippen LogP contribution in [0.15, 0.2) is 0 Å². The van der Waals surface area contributed by atoms with Gasteiger partial charge in [-0.25, -0.2) is 0 Å². The highest BCUT2D eigenvalue weighted by atomic mass is 31.1. The van der Waals surface area contributed by atoms with Crippen LogP contribution in [0.4, 0.5) is 0 Å². The summed E-state index contributed by atoms with van der Waals surface area (Å²) in [5, 5.41) is 26.7. The summed E-state index contributed by atoms with van der Waals surface area (Å²) in [6.45, 7) is 2.27. The molecule has 1 unspecified atom stereocenters. The van der Waals surface area contributed by atoms with Gasteiger partial charge >= 0.3 is 0 Å². The SMILES string of the molecule is CCCCCCCCCCCCCCCCPCC(C#N)(C#N)C#N. The molecule has 0 aliphatic carbocycles. The molecule has 4 heteroatoms. The van der Waals surface area contributed by atoms with Crippen molar-refractivity contribution in [2.45, 2.75) is 96.8 Å². The molecular weight excluding hydrogens is 325 g/mol. The van der Waals surface area contributed by atoms with Crippen LogP contribution in [0.2, 0.25) is 0 Å². The molecule has 0 rings (SSSR count). The molecule has 0 heterocycles. The molecule has 140 valence electrons. The predicted octanol–water partition coefficient (Wildman–Crippen LogP) is 6.70. The molecule has 0 saturated heterocycles. The predicted molar refractivity (Wildman–Crippen MR) is 108 cm³/mol. The van der Waals surface area contributed by atoms with Gasteiger partial charge in [-0.05, 0) is 12.6 Å². The summed E-state index contributed by atoms with van der Waals surface area (Å²) in [6.07, 6.45) is 20.4. The highest BCUT2D eigenvalue weighted by molar-refractivity contribution is 7.38. The molecular formula is C21H36N3P. The summed E-state index contributed by atoms with van der Waals surface area (Å²) in [5.41, 5.74) is -1.41. The fraction of sp³-hybridized carbons (Fsp3) is 0.857. The summed E-state index contributed by atoms with van der Waals surface area (Å²) in [5.74, 6) is 0. The molecule has 0 aliphatic heterocycles. The first kappa shape index (κ1) is 23.9. The molecule has 0 aromatic heterocycles. The molecule has 0 saturated carbocycles. The molecule has 0 bridgehead atoms. The van der Waals surface area contributed by atoms with Crippen LogP contribution >= 0.6 is 8.58 Å². The second kappa shape index (κ2) is 17.7. The van der Waals surface area contributed by atoms with Crippen molar-refractivity contribution in [3.63, 3.8) is 0 Å². The minimum atomic E-state index is -1.41. The fourth-order valence-electron chi connectivity index (χ4n) is 2.91. The van der Waals surface area contributed by atoms with E-state index in [0.29, 0.717) is 14.7 Å². The summed E-state index contributed by atoms with van der Waals surface area (Å²) in [7, 11) is 0.548. The Hall–Kier alpha value is -1.10. The third kappa shape index (κ3) is 13.8. The van der Waals surface area contributed by atoms with Gasteiger partial charge in [0.05, 0.1) is 0 Å². The molecule has 0 fully saturated rings. The van der Waals surface area contributed by atoms with Gasteiger partial charge in [0.15, 0.2) is 0 Å². The van der Waals surface area contributed by atoms with E-state index in [1.807, 2.05) is 18.2 Å². The lowest BCUT2D eigenvalue weighted by Crippen LogP contribution is -2.15. The summed E-state index contributed by atoms with van der Waals surface area (Å²) in [4.78, 5) is 0. The van der Waals surface area contributed by atoms with Crippen molar-refractivity contribution in [2.75, 3.05) is 12.3 Å². The molecule has 0 spiro atoms. The van der Waals surface area contributed by atoms with Gasteiger partial charge < -0.3 is 0 Å². The van der Waals surface area contributed by atoms with Crippen LogP contribution in [-0.4, -0.2) is 12.3 Å². The number of unbranched alkanes of at least 4 members (excludes halogenated alkanes) is 13. The minimum Gasteiger partial charge on any atom is -0.195 e. The largest absolute Gasteiger partial charge is 0.232 e. The highest BCUT2D eigenvalue weighted by Gasteiger charge is 2.28. The highest BCUT2D eigenvalue weighted by Crippen LogP contribution is 2.26. The second-order valence-corrected chi connectivity index (χ2v) is 8.37. The van der Waals surface area contributed by atoms with Crippen LogP contribution in [-0.2, 0) is 0 Å². The number of hydrogen-bond acceptors (Lipinski definition) is 3. The Bertz CT molecular complexity index is 392. The standard InChI is InChI=1S/C21H36N3P/c1-2-3-4-5-6-7-8-9-10-11-12-13-14-15-16-25-20-21(17-22,18-23)19-24/h25H,2-16,20H2,1H3. The summed E-state index contributed by atoms with van der Waals surface area (Å²) < 4.78 is 0. The van der Waals surface area contributed by atoms with Crippen molar-refractivity contribution in [1.82, 2.24) is 0 Å². The van der Waals surface area contributed by atoms with Gasteiger partial charge in [-0.1, -0.05) is 90.4 Å². The molecule has 0 aliphatic rings. The first-order chi connectivity index (χ1) is 12.2. The molecule has 1 atom stereocenters. The van der Waals surface area contributed by atoms with E-state index in [9.17, 15) is 0 Å². The average molecular weight is 362 g/mol. The Labute approximate surface area is 157 Å². The number of nitrogens with zero attached hydrogens (tertiary/aromatic N) is 3. The van der Waals surface area contributed by atoms with Gasteiger partial charge in [0.25, 0.3) is 0 Å². The number of rotatable bonds is 17. The van der Waals surface area contributed by atoms with Crippen molar-refractivity contribution >= 4 is 8.58 Å². The van der Waals surface area contributed by atoms with Gasteiger partial charge in [-0.3, -0.25) is 0 Å². The Morgan fingerprint density at radius 3 is 1.32 bits per heavy atom. The van der Waals surface area contributed by atoms with Gasteiger partial charge in [-0.15, -0.1) is 8.58 Å². The van der Waals surface area contributed by atoms with Crippen LogP contribution in [0.5, 0.6) is 0 Å². The van der Waals surface area contributed by atoms with E-state index in [-0.39, 0.29) is 0 Å². The quantitative estimate of drug-likeness (QED) is 0.214. The maximum Gasteiger partial charge on any atom is 0.232 e. The lowest BCUT2D eigenvalue weighted by molar-refractivity contribution is 0.538. The van der Waals surface area contributed by atoms with E-state index < -0.39 is 5.41 Å². The van der Waals surface area contributed by atoms with E-state index >= 15 is 0 Å². The minimum absolute atomic E-state index is 0.412. The van der Waals surface area contributed by atoms with Crippen molar-refractivity contribution in [3.8, 4) is 18.2 Å². The average Bonchev–Trinajstić information content (AvgIpc) is 2.65. The number of nitriles is 3. The number of hydrogen-bond donors (Lipinski definition) is 0. The maximum atomic E-state index is 8.91. The Kier molecular flexibility index (Phi) is 16.9. The molecule has 25 heavy (non-hydrogen) atoms. The molecule has 0 N–H and O–H groups in total. The smallest absolute Gasteiger partial charge is 0.195 e. The molecule has 0 amide bonds. The first-order valence-electron chi connectivity index (χ1n) is 10.2. The summed E-state index contributed by atoms with van der Waals surface area (Å²) in [6, 6.07) is 5.56. The van der Waals surface area contributed by atoms with E-state index in [4.69, 9.17) is 15.8 Å². The Morgan fingerprint density at radius 2 is 0.960 bits per heavy atom. The van der Waals surface area contributed by atoms with Gasteiger partial charge in [0.2, 0.25) is 5.41 Å². The summed E-state index contributed by atoms with van der Waals surface area (Å²) >= 11 is 0. The first-order valence-corrected chi connectivity index (χ1v) is 11.6. The lowest BCUT2D eigenvalue weighted by Gasteiger charge is -2.08. The topological polar surface area (TPSA) is 71.4 Å². The van der Waals surface area contributed by atoms with Crippen molar-refractivity contribution < 1.29 is 0 Å². The van der Waals surface area contributed by atoms with Crippen LogP contribution < -0.4 is 0 Å². The monoisotopic (exact) mass is 361 g/mol. The Balaban J connectivity index is 3.26. The zero-order valence-electron chi connectivity index (χ0n) is 16.2. The van der Waals surface area contributed by atoms with Crippen LogP contribution in [0.25, 0.3) is 0 Å². The van der Waals surface area contributed by atoms with Gasteiger partial charge in [0.1, 0.15) is 18.2 Å². The third-order valence-electron chi connectivity index (χ3n) is 4.67. The maximum absolute atomic E-state index is 8.91.